The molecular weight excluding hydrogens is 244 g/mol. The van der Waals surface area contributed by atoms with Crippen LogP contribution >= 0.6 is 0 Å². The van der Waals surface area contributed by atoms with Gasteiger partial charge in [-0.15, -0.1) is 0 Å². The minimum absolute atomic E-state index is 0.000558. The third kappa shape index (κ3) is 2.90. The van der Waals surface area contributed by atoms with Gasteiger partial charge >= 0.3 is 0 Å². The molecule has 1 amide bonds. The van der Waals surface area contributed by atoms with E-state index in [9.17, 15) is 4.79 Å². The second kappa shape index (κ2) is 4.72. The number of hydrogen-bond donors (Lipinski definition) is 2. The average molecular weight is 260 g/mol. The van der Waals surface area contributed by atoms with Gasteiger partial charge in [-0.3, -0.25) is 9.78 Å². The van der Waals surface area contributed by atoms with Crippen molar-refractivity contribution >= 4 is 11.8 Å². The molecule has 0 aromatic carbocycles. The Labute approximate surface area is 111 Å². The first-order chi connectivity index (χ1) is 8.88. The Bertz CT molecular complexity index is 584. The highest BCUT2D eigenvalue weighted by atomic mass is 16.5. The molecule has 0 fully saturated rings. The molecule has 3 N–H and O–H groups in total. The minimum atomic E-state index is -0.368. The average Bonchev–Trinajstić information content (AvgIpc) is 2.70. The Balaban J connectivity index is 2.42. The molecule has 0 atom stereocenters. The molecule has 19 heavy (non-hydrogen) atoms. The van der Waals surface area contributed by atoms with Crippen LogP contribution in [0, 0.1) is 0 Å². The number of rotatable bonds is 2. The third-order valence-electron chi connectivity index (χ3n) is 2.37. The van der Waals surface area contributed by atoms with E-state index in [0.717, 1.165) is 0 Å². The zero-order valence-corrected chi connectivity index (χ0v) is 11.1. The van der Waals surface area contributed by atoms with Gasteiger partial charge in [-0.25, -0.2) is 0 Å². The summed E-state index contributed by atoms with van der Waals surface area (Å²) in [5, 5.41) is 6.67. The summed E-state index contributed by atoms with van der Waals surface area (Å²) < 4.78 is 4.92. The van der Waals surface area contributed by atoms with Crippen LogP contribution in [0.2, 0.25) is 0 Å². The van der Waals surface area contributed by atoms with Gasteiger partial charge in [0.05, 0.1) is 0 Å². The van der Waals surface area contributed by atoms with Crippen LogP contribution in [0.3, 0.4) is 0 Å². The molecule has 6 heteroatoms. The Morgan fingerprint density at radius 1 is 1.42 bits per heavy atom. The van der Waals surface area contributed by atoms with Gasteiger partial charge in [0, 0.05) is 23.5 Å². The maximum Gasteiger partial charge on any atom is 0.259 e. The van der Waals surface area contributed by atoms with E-state index < -0.39 is 0 Å². The van der Waals surface area contributed by atoms with E-state index >= 15 is 0 Å². The van der Waals surface area contributed by atoms with Gasteiger partial charge in [0.2, 0.25) is 5.88 Å². The highest BCUT2D eigenvalue weighted by molar-refractivity contribution is 6.03. The molecule has 0 radical (unpaired) electrons. The van der Waals surface area contributed by atoms with Crippen LogP contribution in [0.4, 0.5) is 5.88 Å². The van der Waals surface area contributed by atoms with Crippen molar-refractivity contribution in [3.8, 4) is 11.3 Å². The van der Waals surface area contributed by atoms with Crippen molar-refractivity contribution in [1.29, 1.82) is 0 Å². The molecule has 0 aliphatic carbocycles. The van der Waals surface area contributed by atoms with Crippen LogP contribution in [0.15, 0.2) is 29.0 Å². The number of nitrogen functional groups attached to an aromatic ring is 1. The van der Waals surface area contributed by atoms with Crippen molar-refractivity contribution in [2.45, 2.75) is 26.3 Å². The molecular formula is C13H16N4O2. The van der Waals surface area contributed by atoms with Gasteiger partial charge in [-0.05, 0) is 32.9 Å². The van der Waals surface area contributed by atoms with Gasteiger partial charge in [-0.1, -0.05) is 5.16 Å². The van der Waals surface area contributed by atoms with Crippen LogP contribution in [-0.4, -0.2) is 21.6 Å². The van der Waals surface area contributed by atoms with Crippen molar-refractivity contribution in [1.82, 2.24) is 15.5 Å². The minimum Gasteiger partial charge on any atom is -0.367 e. The molecule has 6 nitrogen and oxygen atoms in total. The van der Waals surface area contributed by atoms with Gasteiger partial charge in [-0.2, -0.15) is 0 Å². The number of pyridine rings is 1. The lowest BCUT2D eigenvalue weighted by atomic mass is 10.1. The van der Waals surface area contributed by atoms with Gasteiger partial charge < -0.3 is 15.6 Å². The molecule has 0 bridgehead atoms. The molecule has 2 aromatic rings. The van der Waals surface area contributed by atoms with E-state index in [1.807, 2.05) is 20.8 Å². The van der Waals surface area contributed by atoms with E-state index in [0.29, 0.717) is 11.3 Å². The summed E-state index contributed by atoms with van der Waals surface area (Å²) in [6.45, 7) is 5.66. The lowest BCUT2D eigenvalue weighted by molar-refractivity contribution is 0.0920. The number of nitrogens with one attached hydrogen (secondary N) is 1. The first-order valence-electron chi connectivity index (χ1n) is 5.86. The summed E-state index contributed by atoms with van der Waals surface area (Å²) in [7, 11) is 0. The number of carbonyl (C=O) groups excluding carboxylic acids is 1. The van der Waals surface area contributed by atoms with Gasteiger partial charge in [0.25, 0.3) is 5.91 Å². The number of aromatic nitrogens is 2. The molecule has 0 saturated carbocycles. The summed E-state index contributed by atoms with van der Waals surface area (Å²) in [5.74, 6) is -0.314. The SMILES string of the molecule is CC(C)(C)NC(=O)c1c(-c2cccnc2)noc1N. The zero-order valence-electron chi connectivity index (χ0n) is 11.1. The van der Waals surface area contributed by atoms with Crippen LogP contribution < -0.4 is 11.1 Å². The van der Waals surface area contributed by atoms with Gasteiger partial charge in [0.1, 0.15) is 11.3 Å². The van der Waals surface area contributed by atoms with Crippen LogP contribution in [-0.2, 0) is 0 Å². The molecule has 0 aliphatic heterocycles. The molecule has 0 aliphatic rings. The van der Waals surface area contributed by atoms with Crippen molar-refractivity contribution in [2.24, 2.45) is 0 Å². The second-order valence-electron chi connectivity index (χ2n) is 5.22. The van der Waals surface area contributed by atoms with E-state index in [1.165, 1.54) is 0 Å². The highest BCUT2D eigenvalue weighted by Crippen LogP contribution is 2.26. The Morgan fingerprint density at radius 2 is 2.16 bits per heavy atom. The first kappa shape index (κ1) is 13.1. The largest absolute Gasteiger partial charge is 0.367 e. The zero-order chi connectivity index (χ0) is 14.0. The quantitative estimate of drug-likeness (QED) is 0.859. The molecule has 2 aromatic heterocycles. The lowest BCUT2D eigenvalue weighted by Crippen LogP contribution is -2.40. The lowest BCUT2D eigenvalue weighted by Gasteiger charge is -2.20. The van der Waals surface area contributed by atoms with E-state index in [4.69, 9.17) is 10.3 Å². The smallest absolute Gasteiger partial charge is 0.259 e. The summed E-state index contributed by atoms with van der Waals surface area (Å²) in [5.41, 5.74) is 6.64. The summed E-state index contributed by atoms with van der Waals surface area (Å²) in [6, 6.07) is 3.55. The van der Waals surface area contributed by atoms with E-state index in [2.05, 4.69) is 15.5 Å². The fraction of sp³-hybridized carbons (Fsp3) is 0.308. The number of nitrogens with zero attached hydrogens (tertiary/aromatic N) is 2. The third-order valence-corrected chi connectivity index (χ3v) is 2.37. The Hall–Kier alpha value is -2.37. The predicted molar refractivity (Wildman–Crippen MR) is 71.4 cm³/mol. The van der Waals surface area contributed by atoms with Crippen LogP contribution in [0.1, 0.15) is 31.1 Å². The van der Waals surface area contributed by atoms with Crippen molar-refractivity contribution in [3.63, 3.8) is 0 Å². The van der Waals surface area contributed by atoms with E-state index in [-0.39, 0.29) is 22.9 Å². The number of amides is 1. The Kier molecular flexibility index (Phi) is 3.25. The van der Waals surface area contributed by atoms with Crippen molar-refractivity contribution < 1.29 is 9.32 Å². The highest BCUT2D eigenvalue weighted by Gasteiger charge is 2.25. The topological polar surface area (TPSA) is 94.0 Å². The maximum atomic E-state index is 12.2. The van der Waals surface area contributed by atoms with Crippen LogP contribution in [0.5, 0.6) is 0 Å². The molecule has 2 rings (SSSR count). The molecule has 100 valence electrons. The molecule has 0 spiro atoms. The van der Waals surface area contributed by atoms with Gasteiger partial charge in [0.15, 0.2) is 0 Å². The predicted octanol–water partition coefficient (Wildman–Crippen LogP) is 1.85. The fourth-order valence-corrected chi connectivity index (χ4v) is 1.63. The maximum absolute atomic E-state index is 12.2. The summed E-state index contributed by atoms with van der Waals surface area (Å²) in [6.07, 6.45) is 3.24. The molecule has 0 unspecified atom stereocenters. The van der Waals surface area contributed by atoms with Crippen LogP contribution in [0.25, 0.3) is 11.3 Å². The standard InChI is InChI=1S/C13H16N4O2/c1-13(2,3)16-12(18)9-10(17-19-11(9)14)8-5-4-6-15-7-8/h4-7H,14H2,1-3H3,(H,16,18). The normalized spacial score (nSPS) is 11.3. The summed E-state index contributed by atoms with van der Waals surface area (Å²) in [4.78, 5) is 16.2. The number of hydrogen-bond acceptors (Lipinski definition) is 5. The number of anilines is 1. The molecule has 2 heterocycles. The monoisotopic (exact) mass is 260 g/mol. The first-order valence-corrected chi connectivity index (χ1v) is 5.86. The second-order valence-corrected chi connectivity index (χ2v) is 5.22. The number of carbonyl (C=O) groups is 1. The summed E-state index contributed by atoms with van der Waals surface area (Å²) >= 11 is 0. The van der Waals surface area contributed by atoms with Crippen molar-refractivity contribution in [2.75, 3.05) is 5.73 Å². The molecule has 0 saturated heterocycles. The Morgan fingerprint density at radius 3 is 2.74 bits per heavy atom. The fourth-order valence-electron chi connectivity index (χ4n) is 1.63. The number of nitrogens with two attached hydrogens (primary N) is 1. The van der Waals surface area contributed by atoms with E-state index in [1.54, 1.807) is 24.5 Å². The van der Waals surface area contributed by atoms with Crippen molar-refractivity contribution in [3.05, 3.63) is 30.1 Å².